The molecule has 0 aliphatic heterocycles. The average Bonchev–Trinajstić information content (AvgIpc) is 2.51. The lowest BCUT2D eigenvalue weighted by atomic mass is 9.92. The second-order valence-electron chi connectivity index (χ2n) is 5.14. The van der Waals surface area contributed by atoms with E-state index in [1.807, 2.05) is 38.2 Å². The van der Waals surface area contributed by atoms with Crippen molar-refractivity contribution < 1.29 is 4.39 Å². The maximum Gasteiger partial charge on any atom is 0.123 e. The third-order valence-corrected chi connectivity index (χ3v) is 3.83. The predicted octanol–water partition coefficient (Wildman–Crippen LogP) is 3.99. The van der Waals surface area contributed by atoms with E-state index < -0.39 is 0 Å². The molecule has 0 spiro atoms. The fraction of sp³-hybridized carbons (Fsp3) is 0.167. The number of nitrogens with zero attached hydrogens (tertiary/aromatic N) is 1. The van der Waals surface area contributed by atoms with Gasteiger partial charge in [0, 0.05) is 11.6 Å². The van der Waals surface area contributed by atoms with Crippen molar-refractivity contribution in [1.29, 1.82) is 0 Å². The zero-order valence-corrected chi connectivity index (χ0v) is 12.1. The molecule has 1 heterocycles. The first kappa shape index (κ1) is 13.7. The quantitative estimate of drug-likeness (QED) is 0.784. The summed E-state index contributed by atoms with van der Waals surface area (Å²) >= 11 is 0. The topological polar surface area (TPSA) is 24.9 Å². The van der Waals surface area contributed by atoms with Gasteiger partial charge < -0.3 is 5.32 Å². The number of aromatic nitrogens is 1. The molecule has 3 heteroatoms. The van der Waals surface area contributed by atoms with Crippen LogP contribution in [0.5, 0.6) is 0 Å². The molecule has 3 rings (SSSR count). The van der Waals surface area contributed by atoms with Crippen LogP contribution in [0.25, 0.3) is 10.9 Å². The van der Waals surface area contributed by atoms with E-state index >= 15 is 0 Å². The van der Waals surface area contributed by atoms with E-state index in [2.05, 4.69) is 22.4 Å². The maximum absolute atomic E-state index is 13.6. The summed E-state index contributed by atoms with van der Waals surface area (Å²) in [5, 5.41) is 4.39. The summed E-state index contributed by atoms with van der Waals surface area (Å²) in [5.41, 5.74) is 4.08. The molecule has 0 saturated carbocycles. The number of hydrogen-bond acceptors (Lipinski definition) is 2. The standard InChI is InChI=1S/C18H17FN2/c1-12-8-9-13(19)11-16(12)18(20-2)15-5-3-7-17-14(15)6-4-10-21-17/h3-11,18,20H,1-2H3. The van der Waals surface area contributed by atoms with Crippen molar-refractivity contribution in [3.05, 3.63) is 77.2 Å². The molecule has 1 N–H and O–H groups in total. The van der Waals surface area contributed by atoms with Gasteiger partial charge in [-0.25, -0.2) is 4.39 Å². The van der Waals surface area contributed by atoms with Crippen LogP contribution < -0.4 is 5.32 Å². The van der Waals surface area contributed by atoms with Crippen LogP contribution in [-0.4, -0.2) is 12.0 Å². The molecule has 0 bridgehead atoms. The molecule has 0 fully saturated rings. The molecule has 0 aliphatic carbocycles. The van der Waals surface area contributed by atoms with Crippen molar-refractivity contribution in [3.8, 4) is 0 Å². The van der Waals surface area contributed by atoms with E-state index in [-0.39, 0.29) is 11.9 Å². The van der Waals surface area contributed by atoms with Gasteiger partial charge in [-0.05, 0) is 54.9 Å². The molecule has 0 amide bonds. The van der Waals surface area contributed by atoms with Gasteiger partial charge in [-0.15, -0.1) is 0 Å². The summed E-state index contributed by atoms with van der Waals surface area (Å²) in [7, 11) is 1.89. The van der Waals surface area contributed by atoms with Gasteiger partial charge in [-0.2, -0.15) is 0 Å². The van der Waals surface area contributed by atoms with Gasteiger partial charge in [0.25, 0.3) is 0 Å². The van der Waals surface area contributed by atoms with Crippen molar-refractivity contribution in [1.82, 2.24) is 10.3 Å². The van der Waals surface area contributed by atoms with Gasteiger partial charge in [0.05, 0.1) is 11.6 Å². The van der Waals surface area contributed by atoms with Crippen LogP contribution in [0.2, 0.25) is 0 Å². The maximum atomic E-state index is 13.6. The van der Waals surface area contributed by atoms with Gasteiger partial charge in [0.2, 0.25) is 0 Å². The zero-order valence-electron chi connectivity index (χ0n) is 12.1. The number of nitrogens with one attached hydrogen (secondary N) is 1. The molecule has 2 aromatic carbocycles. The molecule has 1 unspecified atom stereocenters. The van der Waals surface area contributed by atoms with Gasteiger partial charge >= 0.3 is 0 Å². The lowest BCUT2D eigenvalue weighted by Gasteiger charge is -2.21. The number of pyridine rings is 1. The van der Waals surface area contributed by atoms with Crippen LogP contribution in [0, 0.1) is 12.7 Å². The Morgan fingerprint density at radius 3 is 2.71 bits per heavy atom. The van der Waals surface area contributed by atoms with E-state index in [1.54, 1.807) is 12.3 Å². The highest BCUT2D eigenvalue weighted by Crippen LogP contribution is 2.30. The van der Waals surface area contributed by atoms with Crippen molar-refractivity contribution in [2.24, 2.45) is 0 Å². The monoisotopic (exact) mass is 280 g/mol. The first-order valence-corrected chi connectivity index (χ1v) is 6.97. The molecule has 2 nitrogen and oxygen atoms in total. The lowest BCUT2D eigenvalue weighted by Crippen LogP contribution is -2.19. The Morgan fingerprint density at radius 1 is 1.05 bits per heavy atom. The first-order chi connectivity index (χ1) is 10.2. The number of halogens is 1. The first-order valence-electron chi connectivity index (χ1n) is 6.97. The molecule has 3 aromatic rings. The minimum atomic E-state index is -0.214. The molecular weight excluding hydrogens is 263 g/mol. The fourth-order valence-electron chi connectivity index (χ4n) is 2.78. The van der Waals surface area contributed by atoms with E-state index in [9.17, 15) is 4.39 Å². The number of benzene rings is 2. The summed E-state index contributed by atoms with van der Waals surface area (Å²) < 4.78 is 13.6. The Labute approximate surface area is 123 Å². The Bertz CT molecular complexity index is 778. The van der Waals surface area contributed by atoms with Gasteiger partial charge in [0.15, 0.2) is 0 Å². The molecule has 0 radical (unpaired) electrons. The Morgan fingerprint density at radius 2 is 1.90 bits per heavy atom. The van der Waals surface area contributed by atoms with Crippen molar-refractivity contribution in [2.45, 2.75) is 13.0 Å². The third kappa shape index (κ3) is 2.52. The molecule has 21 heavy (non-hydrogen) atoms. The lowest BCUT2D eigenvalue weighted by molar-refractivity contribution is 0.615. The van der Waals surface area contributed by atoms with Crippen LogP contribution in [0.3, 0.4) is 0 Å². The Kier molecular flexibility index (Phi) is 3.67. The van der Waals surface area contributed by atoms with E-state index in [0.29, 0.717) is 0 Å². The van der Waals surface area contributed by atoms with Crippen LogP contribution in [0.4, 0.5) is 4.39 Å². The highest BCUT2D eigenvalue weighted by atomic mass is 19.1. The second kappa shape index (κ2) is 5.62. The van der Waals surface area contributed by atoms with Crippen LogP contribution >= 0.6 is 0 Å². The average molecular weight is 280 g/mol. The van der Waals surface area contributed by atoms with E-state index in [1.165, 1.54) is 6.07 Å². The van der Waals surface area contributed by atoms with Gasteiger partial charge in [-0.1, -0.05) is 24.3 Å². The van der Waals surface area contributed by atoms with Crippen LogP contribution in [-0.2, 0) is 0 Å². The molecule has 1 atom stereocenters. The molecule has 0 aliphatic rings. The van der Waals surface area contributed by atoms with Crippen molar-refractivity contribution in [2.75, 3.05) is 7.05 Å². The summed E-state index contributed by atoms with van der Waals surface area (Å²) in [6, 6.07) is 14.9. The number of rotatable bonds is 3. The highest BCUT2D eigenvalue weighted by Gasteiger charge is 2.17. The van der Waals surface area contributed by atoms with Crippen molar-refractivity contribution in [3.63, 3.8) is 0 Å². The normalized spacial score (nSPS) is 12.5. The molecule has 106 valence electrons. The highest BCUT2D eigenvalue weighted by molar-refractivity contribution is 5.83. The summed E-state index contributed by atoms with van der Waals surface area (Å²) in [4.78, 5) is 4.39. The number of hydrogen-bond donors (Lipinski definition) is 1. The smallest absolute Gasteiger partial charge is 0.123 e. The fourth-order valence-corrected chi connectivity index (χ4v) is 2.78. The largest absolute Gasteiger partial charge is 0.309 e. The molecule has 0 saturated heterocycles. The number of fused-ring (bicyclic) bond motifs is 1. The minimum absolute atomic E-state index is 0.0615. The van der Waals surface area contributed by atoms with Crippen LogP contribution in [0.15, 0.2) is 54.7 Å². The van der Waals surface area contributed by atoms with Crippen molar-refractivity contribution >= 4 is 10.9 Å². The van der Waals surface area contributed by atoms with Crippen LogP contribution in [0.1, 0.15) is 22.7 Å². The molecular formula is C18H17FN2. The second-order valence-corrected chi connectivity index (χ2v) is 5.14. The summed E-state index contributed by atoms with van der Waals surface area (Å²) in [5.74, 6) is -0.214. The van der Waals surface area contributed by atoms with E-state index in [0.717, 1.165) is 27.6 Å². The summed E-state index contributed by atoms with van der Waals surface area (Å²) in [6.45, 7) is 2.00. The Balaban J connectivity index is 2.21. The van der Waals surface area contributed by atoms with Gasteiger partial charge in [-0.3, -0.25) is 4.98 Å². The third-order valence-electron chi connectivity index (χ3n) is 3.83. The summed E-state index contributed by atoms with van der Waals surface area (Å²) in [6.07, 6.45) is 1.79. The van der Waals surface area contributed by atoms with E-state index in [4.69, 9.17) is 0 Å². The minimum Gasteiger partial charge on any atom is -0.309 e. The molecule has 1 aromatic heterocycles. The van der Waals surface area contributed by atoms with Gasteiger partial charge in [0.1, 0.15) is 5.82 Å². The zero-order chi connectivity index (χ0) is 14.8. The predicted molar refractivity (Wildman–Crippen MR) is 83.8 cm³/mol. The SMILES string of the molecule is CNC(c1cc(F)ccc1C)c1cccc2ncccc12. The number of aryl methyl sites for hydroxylation is 1. The Hall–Kier alpha value is -2.26.